The molecule has 0 aromatic rings. The molecule has 3 nitrogen and oxygen atoms in total. The van der Waals surface area contributed by atoms with E-state index in [0.717, 1.165) is 32.0 Å². The maximum atomic E-state index is 11.8. The molecule has 1 saturated heterocycles. The van der Waals surface area contributed by atoms with Crippen LogP contribution >= 0.6 is 0 Å². The first-order valence-electron chi connectivity index (χ1n) is 6.76. The van der Waals surface area contributed by atoms with Crippen LogP contribution in [0.25, 0.3) is 0 Å². The molecule has 0 aromatic carbocycles. The Bertz CT molecular complexity index is 198. The van der Waals surface area contributed by atoms with E-state index in [1.807, 2.05) is 4.90 Å². The average Bonchev–Trinajstić information content (AvgIpc) is 2.30. The summed E-state index contributed by atoms with van der Waals surface area (Å²) in [5.74, 6) is 1.14. The van der Waals surface area contributed by atoms with Crippen LogP contribution < -0.4 is 5.32 Å². The molecule has 1 N–H and O–H groups in total. The zero-order valence-corrected chi connectivity index (χ0v) is 10.8. The van der Waals surface area contributed by atoms with Gasteiger partial charge in [0.05, 0.1) is 6.54 Å². The van der Waals surface area contributed by atoms with Crippen molar-refractivity contribution >= 4 is 5.91 Å². The smallest absolute Gasteiger partial charge is 0.236 e. The Morgan fingerprint density at radius 1 is 1.25 bits per heavy atom. The fourth-order valence-corrected chi connectivity index (χ4v) is 2.36. The molecule has 16 heavy (non-hydrogen) atoms. The van der Waals surface area contributed by atoms with Gasteiger partial charge >= 0.3 is 0 Å². The lowest BCUT2D eigenvalue weighted by Gasteiger charge is -2.32. The molecule has 3 heteroatoms. The van der Waals surface area contributed by atoms with Gasteiger partial charge in [0.2, 0.25) is 5.91 Å². The molecule has 0 aliphatic carbocycles. The Labute approximate surface area is 99.6 Å². The number of hydrogen-bond donors (Lipinski definition) is 1. The van der Waals surface area contributed by atoms with E-state index in [9.17, 15) is 4.79 Å². The number of nitrogens with one attached hydrogen (secondary N) is 1. The summed E-state index contributed by atoms with van der Waals surface area (Å²) >= 11 is 0. The molecule has 1 aliphatic heterocycles. The van der Waals surface area contributed by atoms with Crippen molar-refractivity contribution in [3.8, 4) is 0 Å². The topological polar surface area (TPSA) is 32.3 Å². The van der Waals surface area contributed by atoms with Crippen molar-refractivity contribution in [1.82, 2.24) is 10.2 Å². The zero-order valence-electron chi connectivity index (χ0n) is 10.8. The average molecular weight is 226 g/mol. The minimum atomic E-state index is 0.281. The molecule has 0 saturated carbocycles. The van der Waals surface area contributed by atoms with Crippen LogP contribution in [0.2, 0.25) is 0 Å². The first-order chi connectivity index (χ1) is 7.77. The SMILES string of the molecule is CCCNCC(=O)N1CCC(CCC)CC1. The second-order valence-electron chi connectivity index (χ2n) is 4.79. The van der Waals surface area contributed by atoms with E-state index in [1.54, 1.807) is 0 Å². The van der Waals surface area contributed by atoms with E-state index < -0.39 is 0 Å². The van der Waals surface area contributed by atoms with Crippen molar-refractivity contribution in [1.29, 1.82) is 0 Å². The van der Waals surface area contributed by atoms with E-state index >= 15 is 0 Å². The highest BCUT2D eigenvalue weighted by atomic mass is 16.2. The van der Waals surface area contributed by atoms with Gasteiger partial charge < -0.3 is 10.2 Å². The summed E-state index contributed by atoms with van der Waals surface area (Å²) in [5.41, 5.74) is 0. The third kappa shape index (κ3) is 4.52. The van der Waals surface area contributed by atoms with Crippen LogP contribution in [0.5, 0.6) is 0 Å². The molecule has 0 radical (unpaired) electrons. The summed E-state index contributed by atoms with van der Waals surface area (Å²) in [4.78, 5) is 13.8. The Morgan fingerprint density at radius 3 is 2.50 bits per heavy atom. The quantitative estimate of drug-likeness (QED) is 0.703. The third-order valence-electron chi connectivity index (χ3n) is 3.37. The maximum absolute atomic E-state index is 11.8. The molecule has 0 aromatic heterocycles. The lowest BCUT2D eigenvalue weighted by molar-refractivity contribution is -0.131. The van der Waals surface area contributed by atoms with E-state index in [1.165, 1.54) is 25.7 Å². The van der Waals surface area contributed by atoms with Gasteiger partial charge in [0.1, 0.15) is 0 Å². The van der Waals surface area contributed by atoms with E-state index in [2.05, 4.69) is 19.2 Å². The summed E-state index contributed by atoms with van der Waals surface area (Å²) in [6.45, 7) is 7.76. The summed E-state index contributed by atoms with van der Waals surface area (Å²) in [5, 5.41) is 3.18. The van der Waals surface area contributed by atoms with Crippen LogP contribution in [0.15, 0.2) is 0 Å². The number of carbonyl (C=O) groups is 1. The van der Waals surface area contributed by atoms with Crippen LogP contribution in [-0.2, 0) is 4.79 Å². The molecule has 1 rings (SSSR count). The largest absolute Gasteiger partial charge is 0.342 e. The molecular formula is C13H26N2O. The molecule has 1 aliphatic rings. The van der Waals surface area contributed by atoms with Crippen LogP contribution in [-0.4, -0.2) is 37.0 Å². The fraction of sp³-hybridized carbons (Fsp3) is 0.923. The van der Waals surface area contributed by atoms with Crippen molar-refractivity contribution in [3.05, 3.63) is 0 Å². The minimum absolute atomic E-state index is 0.281. The molecule has 1 heterocycles. The first-order valence-corrected chi connectivity index (χ1v) is 6.76. The van der Waals surface area contributed by atoms with E-state index in [0.29, 0.717) is 6.54 Å². The number of carbonyl (C=O) groups excluding carboxylic acids is 1. The molecule has 0 bridgehead atoms. The standard InChI is InChI=1S/C13H26N2O/c1-3-5-12-6-9-15(10-7-12)13(16)11-14-8-4-2/h12,14H,3-11H2,1-2H3. The number of likely N-dealkylation sites (tertiary alicyclic amines) is 1. The normalized spacial score (nSPS) is 17.8. The van der Waals surface area contributed by atoms with E-state index in [4.69, 9.17) is 0 Å². The lowest BCUT2D eigenvalue weighted by Crippen LogP contribution is -2.43. The number of amides is 1. The maximum Gasteiger partial charge on any atom is 0.236 e. The summed E-state index contributed by atoms with van der Waals surface area (Å²) in [6.07, 6.45) is 6.10. The predicted octanol–water partition coefficient (Wildman–Crippen LogP) is 2.02. The molecule has 94 valence electrons. The van der Waals surface area contributed by atoms with Crippen LogP contribution in [0.1, 0.15) is 46.0 Å². The Morgan fingerprint density at radius 2 is 1.94 bits per heavy atom. The van der Waals surface area contributed by atoms with Crippen LogP contribution in [0.3, 0.4) is 0 Å². The number of nitrogens with zero attached hydrogens (tertiary/aromatic N) is 1. The van der Waals surface area contributed by atoms with E-state index in [-0.39, 0.29) is 5.91 Å². The second kappa shape index (κ2) is 7.66. The third-order valence-corrected chi connectivity index (χ3v) is 3.37. The molecular weight excluding hydrogens is 200 g/mol. The van der Waals surface area contributed by atoms with Crippen molar-refractivity contribution < 1.29 is 4.79 Å². The van der Waals surface area contributed by atoms with Gasteiger partial charge in [0.15, 0.2) is 0 Å². The second-order valence-corrected chi connectivity index (χ2v) is 4.79. The highest BCUT2D eigenvalue weighted by Gasteiger charge is 2.21. The van der Waals surface area contributed by atoms with Crippen molar-refractivity contribution in [2.45, 2.75) is 46.0 Å². The Balaban J connectivity index is 2.17. The van der Waals surface area contributed by atoms with Gasteiger partial charge in [-0.15, -0.1) is 0 Å². The summed E-state index contributed by atoms with van der Waals surface area (Å²) < 4.78 is 0. The highest BCUT2D eigenvalue weighted by molar-refractivity contribution is 5.78. The molecule has 0 unspecified atom stereocenters. The van der Waals surface area contributed by atoms with Crippen molar-refractivity contribution in [2.24, 2.45) is 5.92 Å². The van der Waals surface area contributed by atoms with Gasteiger partial charge in [0, 0.05) is 13.1 Å². The minimum Gasteiger partial charge on any atom is -0.342 e. The predicted molar refractivity (Wildman–Crippen MR) is 67.4 cm³/mol. The van der Waals surface area contributed by atoms with Gasteiger partial charge in [-0.2, -0.15) is 0 Å². The fourth-order valence-electron chi connectivity index (χ4n) is 2.36. The number of hydrogen-bond acceptors (Lipinski definition) is 2. The summed E-state index contributed by atoms with van der Waals surface area (Å²) in [6, 6.07) is 0. The van der Waals surface area contributed by atoms with Gasteiger partial charge in [-0.05, 0) is 31.7 Å². The van der Waals surface area contributed by atoms with Gasteiger partial charge in [-0.25, -0.2) is 0 Å². The first kappa shape index (κ1) is 13.5. The monoisotopic (exact) mass is 226 g/mol. The van der Waals surface area contributed by atoms with Crippen LogP contribution in [0, 0.1) is 5.92 Å². The summed E-state index contributed by atoms with van der Waals surface area (Å²) in [7, 11) is 0. The molecule has 0 atom stereocenters. The van der Waals surface area contributed by atoms with Crippen LogP contribution in [0.4, 0.5) is 0 Å². The number of rotatable bonds is 6. The number of piperidine rings is 1. The highest BCUT2D eigenvalue weighted by Crippen LogP contribution is 2.21. The Kier molecular flexibility index (Phi) is 6.46. The van der Waals surface area contributed by atoms with Crippen molar-refractivity contribution in [3.63, 3.8) is 0 Å². The van der Waals surface area contributed by atoms with Gasteiger partial charge in [0.25, 0.3) is 0 Å². The van der Waals surface area contributed by atoms with Gasteiger partial charge in [-0.3, -0.25) is 4.79 Å². The Hall–Kier alpha value is -0.570. The van der Waals surface area contributed by atoms with Crippen molar-refractivity contribution in [2.75, 3.05) is 26.2 Å². The molecule has 1 fully saturated rings. The van der Waals surface area contributed by atoms with Gasteiger partial charge in [-0.1, -0.05) is 26.7 Å². The molecule has 1 amide bonds. The zero-order chi connectivity index (χ0) is 11.8. The lowest BCUT2D eigenvalue weighted by atomic mass is 9.92. The molecule has 0 spiro atoms.